The van der Waals surface area contributed by atoms with Gasteiger partial charge in [-0.1, -0.05) is 6.07 Å². The molecule has 0 fully saturated rings. The molecule has 0 spiro atoms. The van der Waals surface area contributed by atoms with E-state index < -0.39 is 6.36 Å². The number of hydrogen-bond acceptors (Lipinski definition) is 2. The molecule has 17 heavy (non-hydrogen) atoms. The Bertz CT molecular complexity index is 404. The minimum absolute atomic E-state index is 0.136. The Kier molecular flexibility index (Phi) is 4.19. The van der Waals surface area contributed by atoms with E-state index in [1.54, 1.807) is 13.0 Å². The third-order valence-electron chi connectivity index (χ3n) is 1.67. The van der Waals surface area contributed by atoms with Crippen LogP contribution in [0.15, 0.2) is 29.3 Å². The fourth-order valence-corrected chi connectivity index (χ4v) is 1.13. The number of nitrogens with zero attached hydrogens (tertiary/aromatic N) is 1. The van der Waals surface area contributed by atoms with Gasteiger partial charge < -0.3 is 15.8 Å². The maximum absolute atomic E-state index is 12.0. The second-order valence-corrected chi connectivity index (χ2v) is 3.06. The van der Waals surface area contributed by atoms with Crippen molar-refractivity contribution >= 4 is 11.6 Å². The van der Waals surface area contributed by atoms with Gasteiger partial charge >= 0.3 is 6.36 Å². The zero-order chi connectivity index (χ0) is 12.9. The highest BCUT2D eigenvalue weighted by atomic mass is 19.4. The lowest BCUT2D eigenvalue weighted by atomic mass is 10.3. The van der Waals surface area contributed by atoms with E-state index in [4.69, 9.17) is 5.73 Å². The zero-order valence-corrected chi connectivity index (χ0v) is 9.08. The summed E-state index contributed by atoms with van der Waals surface area (Å²) >= 11 is 0. The smallest absolute Gasteiger partial charge is 0.406 e. The minimum atomic E-state index is -4.71. The van der Waals surface area contributed by atoms with E-state index in [9.17, 15) is 13.2 Å². The van der Waals surface area contributed by atoms with Crippen molar-refractivity contribution in [2.24, 2.45) is 10.7 Å². The number of ether oxygens (including phenoxy) is 1. The molecule has 1 aromatic carbocycles. The molecule has 3 N–H and O–H groups in total. The first-order valence-corrected chi connectivity index (χ1v) is 4.83. The van der Waals surface area contributed by atoms with Crippen LogP contribution in [0.3, 0.4) is 0 Å². The van der Waals surface area contributed by atoms with Gasteiger partial charge in [0.25, 0.3) is 0 Å². The molecule has 0 aliphatic heterocycles. The highest BCUT2D eigenvalue weighted by Gasteiger charge is 2.31. The van der Waals surface area contributed by atoms with Crippen molar-refractivity contribution in [2.45, 2.75) is 13.3 Å². The highest BCUT2D eigenvalue weighted by Crippen LogP contribution is 2.24. The van der Waals surface area contributed by atoms with Crippen LogP contribution in [0.5, 0.6) is 5.75 Å². The number of halogens is 3. The second kappa shape index (κ2) is 5.42. The molecule has 0 saturated carbocycles. The topological polar surface area (TPSA) is 59.6 Å². The molecule has 94 valence electrons. The number of rotatable bonds is 3. The van der Waals surface area contributed by atoms with Crippen molar-refractivity contribution in [2.75, 3.05) is 11.9 Å². The summed E-state index contributed by atoms with van der Waals surface area (Å²) in [7, 11) is 0. The summed E-state index contributed by atoms with van der Waals surface area (Å²) in [5, 5.41) is 2.65. The van der Waals surface area contributed by atoms with Crippen molar-refractivity contribution in [1.29, 1.82) is 0 Å². The predicted octanol–water partition coefficient (Wildman–Crippen LogP) is 2.33. The van der Waals surface area contributed by atoms with E-state index in [1.807, 2.05) is 0 Å². The molecule has 0 aliphatic rings. The van der Waals surface area contributed by atoms with Crippen LogP contribution in [0.1, 0.15) is 6.92 Å². The lowest BCUT2D eigenvalue weighted by Gasteiger charge is -2.10. The van der Waals surface area contributed by atoms with Crippen LogP contribution in [-0.2, 0) is 0 Å². The van der Waals surface area contributed by atoms with Crippen LogP contribution >= 0.6 is 0 Å². The van der Waals surface area contributed by atoms with Gasteiger partial charge in [-0.2, -0.15) is 0 Å². The van der Waals surface area contributed by atoms with Crippen LogP contribution in [0, 0.1) is 0 Å². The van der Waals surface area contributed by atoms with E-state index in [1.165, 1.54) is 18.2 Å². The molecule has 7 heteroatoms. The van der Waals surface area contributed by atoms with E-state index >= 15 is 0 Å². The van der Waals surface area contributed by atoms with E-state index in [0.717, 1.165) is 0 Å². The molecule has 0 atom stereocenters. The Morgan fingerprint density at radius 3 is 2.76 bits per heavy atom. The molecule has 0 aromatic heterocycles. The molecule has 0 bridgehead atoms. The highest BCUT2D eigenvalue weighted by molar-refractivity contribution is 5.92. The normalized spacial score (nSPS) is 12.4. The summed E-state index contributed by atoms with van der Waals surface area (Å²) in [5.41, 5.74) is 5.85. The molecule has 0 heterocycles. The fraction of sp³-hybridized carbons (Fsp3) is 0.300. The van der Waals surface area contributed by atoms with Crippen LogP contribution in [0.25, 0.3) is 0 Å². The van der Waals surface area contributed by atoms with Gasteiger partial charge in [-0.15, -0.1) is 13.2 Å². The van der Waals surface area contributed by atoms with E-state index in [0.29, 0.717) is 12.2 Å². The van der Waals surface area contributed by atoms with Gasteiger partial charge in [0, 0.05) is 18.3 Å². The van der Waals surface area contributed by atoms with Crippen molar-refractivity contribution < 1.29 is 17.9 Å². The van der Waals surface area contributed by atoms with Crippen LogP contribution in [-0.4, -0.2) is 18.9 Å². The average molecular weight is 247 g/mol. The number of nitrogens with one attached hydrogen (secondary N) is 1. The molecule has 4 nitrogen and oxygen atoms in total. The summed E-state index contributed by atoms with van der Waals surface area (Å²) in [6.07, 6.45) is -4.71. The SMILES string of the molecule is CCN=C(N)Nc1cccc(OC(F)(F)F)c1. The number of guanidine groups is 1. The lowest BCUT2D eigenvalue weighted by molar-refractivity contribution is -0.274. The standard InChI is InChI=1S/C10H12F3N3O/c1-2-15-9(14)16-7-4-3-5-8(6-7)17-10(11,12)13/h3-6H,2H2,1H3,(H3,14,15,16). The summed E-state index contributed by atoms with van der Waals surface area (Å²) in [6.45, 7) is 2.27. The van der Waals surface area contributed by atoms with Crippen LogP contribution in [0.4, 0.5) is 18.9 Å². The zero-order valence-electron chi connectivity index (χ0n) is 9.08. The first kappa shape index (κ1) is 13.1. The van der Waals surface area contributed by atoms with Crippen LogP contribution in [0.2, 0.25) is 0 Å². The maximum atomic E-state index is 12.0. The number of aliphatic imine (C=N–C) groups is 1. The predicted molar refractivity (Wildman–Crippen MR) is 58.9 cm³/mol. The minimum Gasteiger partial charge on any atom is -0.406 e. The van der Waals surface area contributed by atoms with Gasteiger partial charge in [0.05, 0.1) is 0 Å². The average Bonchev–Trinajstić information content (AvgIpc) is 2.15. The quantitative estimate of drug-likeness (QED) is 0.636. The Morgan fingerprint density at radius 2 is 2.18 bits per heavy atom. The molecular formula is C10H12F3N3O. The molecular weight excluding hydrogens is 235 g/mol. The number of alkyl halides is 3. The largest absolute Gasteiger partial charge is 0.573 e. The Labute approximate surface area is 96.3 Å². The van der Waals surface area contributed by atoms with Gasteiger partial charge in [-0.05, 0) is 19.1 Å². The number of anilines is 1. The van der Waals surface area contributed by atoms with Crippen molar-refractivity contribution in [3.05, 3.63) is 24.3 Å². The number of nitrogens with two attached hydrogens (primary N) is 1. The third-order valence-corrected chi connectivity index (χ3v) is 1.67. The van der Waals surface area contributed by atoms with Gasteiger partial charge in [0.2, 0.25) is 0 Å². The summed E-state index contributed by atoms with van der Waals surface area (Å²) in [4.78, 5) is 3.84. The van der Waals surface area contributed by atoms with Crippen molar-refractivity contribution in [3.8, 4) is 5.75 Å². The molecule has 0 unspecified atom stereocenters. The molecule has 1 aromatic rings. The van der Waals surface area contributed by atoms with Gasteiger partial charge in [-0.3, -0.25) is 4.99 Å². The Balaban J connectivity index is 2.76. The molecule has 0 radical (unpaired) electrons. The summed E-state index contributed by atoms with van der Waals surface area (Å²) < 4.78 is 39.7. The Hall–Kier alpha value is -1.92. The van der Waals surface area contributed by atoms with Crippen molar-refractivity contribution in [1.82, 2.24) is 0 Å². The number of benzene rings is 1. The summed E-state index contributed by atoms with van der Waals surface area (Å²) in [5.74, 6) is -0.177. The van der Waals surface area contributed by atoms with Gasteiger partial charge in [0.1, 0.15) is 5.75 Å². The molecule has 1 rings (SSSR count). The monoisotopic (exact) mass is 247 g/mol. The molecule has 0 saturated heterocycles. The first-order chi connectivity index (χ1) is 7.90. The summed E-state index contributed by atoms with van der Waals surface area (Å²) in [6, 6.07) is 5.36. The fourth-order valence-electron chi connectivity index (χ4n) is 1.13. The number of hydrogen-bond donors (Lipinski definition) is 2. The second-order valence-electron chi connectivity index (χ2n) is 3.06. The Morgan fingerprint density at radius 1 is 1.47 bits per heavy atom. The molecule has 0 aliphatic carbocycles. The van der Waals surface area contributed by atoms with Crippen molar-refractivity contribution in [3.63, 3.8) is 0 Å². The van der Waals surface area contributed by atoms with Gasteiger partial charge in [0.15, 0.2) is 5.96 Å². The maximum Gasteiger partial charge on any atom is 0.573 e. The van der Waals surface area contributed by atoms with Crippen LogP contribution < -0.4 is 15.8 Å². The molecule has 0 amide bonds. The van der Waals surface area contributed by atoms with E-state index in [2.05, 4.69) is 15.0 Å². The lowest BCUT2D eigenvalue weighted by Crippen LogP contribution is -2.22. The first-order valence-electron chi connectivity index (χ1n) is 4.83. The van der Waals surface area contributed by atoms with E-state index in [-0.39, 0.29) is 11.7 Å². The van der Waals surface area contributed by atoms with Gasteiger partial charge in [-0.25, -0.2) is 0 Å². The third kappa shape index (κ3) is 5.10.